The minimum absolute atomic E-state index is 0.300. The minimum Gasteiger partial charge on any atom is -0.481 e. The lowest BCUT2D eigenvalue weighted by Gasteiger charge is -2.04. The van der Waals surface area contributed by atoms with Gasteiger partial charge < -0.3 is 15.0 Å². The smallest absolute Gasteiger partial charge is 0.213 e. The zero-order chi connectivity index (χ0) is 13.9. The van der Waals surface area contributed by atoms with Gasteiger partial charge in [-0.05, 0) is 30.7 Å². The van der Waals surface area contributed by atoms with Gasteiger partial charge in [-0.3, -0.25) is 4.39 Å². The van der Waals surface area contributed by atoms with E-state index in [1.54, 1.807) is 7.11 Å². The molecule has 2 aromatic heterocycles. The van der Waals surface area contributed by atoms with Crippen molar-refractivity contribution in [3.05, 3.63) is 30.3 Å². The first-order valence-corrected chi connectivity index (χ1v) is 6.58. The summed E-state index contributed by atoms with van der Waals surface area (Å²) >= 11 is 0. The van der Waals surface area contributed by atoms with Crippen LogP contribution < -0.4 is 10.1 Å². The van der Waals surface area contributed by atoms with Gasteiger partial charge in [-0.25, -0.2) is 4.98 Å². The summed E-state index contributed by atoms with van der Waals surface area (Å²) in [5.41, 5.74) is 3.85. The number of H-pyrrole nitrogens is 1. The van der Waals surface area contributed by atoms with Crippen LogP contribution >= 0.6 is 0 Å². The van der Waals surface area contributed by atoms with E-state index >= 15 is 0 Å². The molecule has 2 heterocycles. The van der Waals surface area contributed by atoms with Crippen LogP contribution in [0.15, 0.2) is 30.3 Å². The average molecular weight is 273 g/mol. The number of nitrogens with one attached hydrogen (secondary N) is 2. The number of pyridine rings is 1. The van der Waals surface area contributed by atoms with Gasteiger partial charge in [-0.2, -0.15) is 0 Å². The third kappa shape index (κ3) is 2.27. The fourth-order valence-electron chi connectivity index (χ4n) is 2.27. The molecule has 3 rings (SSSR count). The SMILES string of the molecule is COc1ccc2[nH]c3cc(NCCCF)ccc3c2n1. The molecule has 0 radical (unpaired) electrons. The Morgan fingerprint density at radius 2 is 2.15 bits per heavy atom. The molecular weight excluding hydrogens is 257 g/mol. The van der Waals surface area contributed by atoms with Gasteiger partial charge in [-0.15, -0.1) is 0 Å². The molecule has 0 fully saturated rings. The molecule has 104 valence electrons. The van der Waals surface area contributed by atoms with E-state index in [-0.39, 0.29) is 6.67 Å². The van der Waals surface area contributed by atoms with E-state index in [0.29, 0.717) is 18.8 Å². The Balaban J connectivity index is 2.00. The lowest BCUT2D eigenvalue weighted by molar-refractivity contribution is 0.399. The quantitative estimate of drug-likeness (QED) is 0.699. The Morgan fingerprint density at radius 3 is 2.95 bits per heavy atom. The number of nitrogens with zero attached hydrogens (tertiary/aromatic N) is 1. The summed E-state index contributed by atoms with van der Waals surface area (Å²) in [7, 11) is 1.61. The van der Waals surface area contributed by atoms with Crippen molar-refractivity contribution < 1.29 is 9.13 Å². The summed E-state index contributed by atoms with van der Waals surface area (Å²) in [6.07, 6.45) is 0.517. The van der Waals surface area contributed by atoms with Crippen molar-refractivity contribution in [3.8, 4) is 5.88 Å². The monoisotopic (exact) mass is 273 g/mol. The van der Waals surface area contributed by atoms with Crippen LogP contribution in [0, 0.1) is 0 Å². The van der Waals surface area contributed by atoms with Crippen molar-refractivity contribution in [2.45, 2.75) is 6.42 Å². The molecule has 0 saturated heterocycles. The van der Waals surface area contributed by atoms with E-state index in [1.165, 1.54) is 0 Å². The Kier molecular flexibility index (Phi) is 3.41. The molecule has 0 unspecified atom stereocenters. The van der Waals surface area contributed by atoms with E-state index in [1.807, 2.05) is 30.3 Å². The first-order chi connectivity index (χ1) is 9.81. The van der Waals surface area contributed by atoms with Crippen LogP contribution in [0.1, 0.15) is 6.42 Å². The standard InChI is InChI=1S/C15H16FN3O/c1-20-14-6-5-12-15(19-14)11-4-3-10(9-13(11)18-12)17-8-2-7-16/h3-6,9,17-18H,2,7-8H2,1H3. The molecule has 0 spiro atoms. The van der Waals surface area contributed by atoms with Crippen LogP contribution in [-0.2, 0) is 0 Å². The summed E-state index contributed by atoms with van der Waals surface area (Å²) in [4.78, 5) is 7.79. The van der Waals surface area contributed by atoms with Gasteiger partial charge in [0.25, 0.3) is 0 Å². The number of anilines is 1. The predicted molar refractivity (Wildman–Crippen MR) is 79.2 cm³/mol. The molecule has 0 saturated carbocycles. The zero-order valence-electron chi connectivity index (χ0n) is 11.2. The molecule has 0 atom stereocenters. The first-order valence-electron chi connectivity index (χ1n) is 6.58. The highest BCUT2D eigenvalue weighted by atomic mass is 19.1. The van der Waals surface area contributed by atoms with Gasteiger partial charge in [0.15, 0.2) is 0 Å². The summed E-state index contributed by atoms with van der Waals surface area (Å²) in [5.74, 6) is 0.601. The number of ether oxygens (including phenoxy) is 1. The highest BCUT2D eigenvalue weighted by molar-refractivity contribution is 6.05. The van der Waals surface area contributed by atoms with Crippen molar-refractivity contribution in [3.63, 3.8) is 0 Å². The second-order valence-electron chi connectivity index (χ2n) is 4.60. The van der Waals surface area contributed by atoms with E-state index in [0.717, 1.165) is 27.6 Å². The second kappa shape index (κ2) is 5.36. The third-order valence-corrected chi connectivity index (χ3v) is 3.26. The number of aromatic amines is 1. The number of halogens is 1. The topological polar surface area (TPSA) is 49.9 Å². The van der Waals surface area contributed by atoms with Gasteiger partial charge in [0.1, 0.15) is 0 Å². The van der Waals surface area contributed by atoms with E-state index in [4.69, 9.17) is 4.74 Å². The minimum atomic E-state index is -0.300. The number of fused-ring (bicyclic) bond motifs is 3. The highest BCUT2D eigenvalue weighted by Gasteiger charge is 2.07. The molecule has 0 aliphatic heterocycles. The Morgan fingerprint density at radius 1 is 1.25 bits per heavy atom. The van der Waals surface area contributed by atoms with Crippen LogP contribution in [-0.4, -0.2) is 30.3 Å². The molecule has 0 aliphatic carbocycles. The maximum atomic E-state index is 12.1. The molecule has 2 N–H and O–H groups in total. The maximum absolute atomic E-state index is 12.1. The van der Waals surface area contributed by atoms with Crippen molar-refractivity contribution in [1.29, 1.82) is 0 Å². The van der Waals surface area contributed by atoms with Crippen molar-refractivity contribution in [2.24, 2.45) is 0 Å². The van der Waals surface area contributed by atoms with Crippen LogP contribution in [0.2, 0.25) is 0 Å². The number of methoxy groups -OCH3 is 1. The Hall–Kier alpha value is -2.30. The molecule has 3 aromatic rings. The van der Waals surface area contributed by atoms with E-state index in [9.17, 15) is 4.39 Å². The van der Waals surface area contributed by atoms with Gasteiger partial charge >= 0.3 is 0 Å². The number of aromatic nitrogens is 2. The molecule has 0 amide bonds. The van der Waals surface area contributed by atoms with Gasteiger partial charge in [0.2, 0.25) is 5.88 Å². The van der Waals surface area contributed by atoms with Crippen LogP contribution in [0.3, 0.4) is 0 Å². The fraction of sp³-hybridized carbons (Fsp3) is 0.267. The van der Waals surface area contributed by atoms with Crippen LogP contribution in [0.4, 0.5) is 10.1 Å². The first kappa shape index (κ1) is 12.7. The highest BCUT2D eigenvalue weighted by Crippen LogP contribution is 2.27. The number of alkyl halides is 1. The average Bonchev–Trinajstić information content (AvgIpc) is 2.84. The predicted octanol–water partition coefficient (Wildman–Crippen LogP) is 3.50. The molecule has 5 heteroatoms. The van der Waals surface area contributed by atoms with E-state index < -0.39 is 0 Å². The zero-order valence-corrected chi connectivity index (χ0v) is 11.2. The van der Waals surface area contributed by atoms with Gasteiger partial charge in [-0.1, -0.05) is 0 Å². The lowest BCUT2D eigenvalue weighted by atomic mass is 10.2. The molecule has 0 bridgehead atoms. The molecule has 20 heavy (non-hydrogen) atoms. The Bertz CT molecular complexity index is 738. The second-order valence-corrected chi connectivity index (χ2v) is 4.60. The fourth-order valence-corrected chi connectivity index (χ4v) is 2.27. The van der Waals surface area contributed by atoms with Crippen LogP contribution in [0.25, 0.3) is 21.9 Å². The summed E-state index contributed by atoms with van der Waals surface area (Å²) in [6.45, 7) is 0.333. The summed E-state index contributed by atoms with van der Waals surface area (Å²) in [6, 6.07) is 9.80. The number of hydrogen-bond donors (Lipinski definition) is 2. The van der Waals surface area contributed by atoms with Crippen molar-refractivity contribution >= 4 is 27.6 Å². The summed E-state index contributed by atoms with van der Waals surface area (Å²) in [5, 5.41) is 4.25. The molecule has 4 nitrogen and oxygen atoms in total. The number of rotatable bonds is 5. The number of hydrogen-bond acceptors (Lipinski definition) is 3. The normalized spacial score (nSPS) is 11.1. The van der Waals surface area contributed by atoms with E-state index in [2.05, 4.69) is 15.3 Å². The van der Waals surface area contributed by atoms with Crippen molar-refractivity contribution in [1.82, 2.24) is 9.97 Å². The molecule has 1 aromatic carbocycles. The van der Waals surface area contributed by atoms with Gasteiger partial charge in [0.05, 0.1) is 30.3 Å². The Labute approximate surface area is 116 Å². The summed E-state index contributed by atoms with van der Waals surface area (Å²) < 4.78 is 17.3. The lowest BCUT2D eigenvalue weighted by Crippen LogP contribution is -2.01. The molecular formula is C15H16FN3O. The molecule has 0 aliphatic rings. The van der Waals surface area contributed by atoms with Crippen LogP contribution in [0.5, 0.6) is 5.88 Å². The van der Waals surface area contributed by atoms with Gasteiger partial charge in [0, 0.05) is 23.7 Å². The number of benzene rings is 1. The van der Waals surface area contributed by atoms with Crippen molar-refractivity contribution in [2.75, 3.05) is 25.6 Å². The maximum Gasteiger partial charge on any atom is 0.213 e. The largest absolute Gasteiger partial charge is 0.481 e. The third-order valence-electron chi connectivity index (χ3n) is 3.26.